The van der Waals surface area contributed by atoms with E-state index in [-0.39, 0.29) is 12.5 Å². The Balaban J connectivity index is 1.82. The molecule has 2 rings (SSSR count). The molecule has 1 aliphatic heterocycles. The number of hydrogen-bond acceptors (Lipinski definition) is 3. The number of carbonyl (C=O) groups excluding carboxylic acids is 1. The Bertz CT molecular complexity index is 445. The van der Waals surface area contributed by atoms with E-state index in [2.05, 4.69) is 29.3 Å². The van der Waals surface area contributed by atoms with Gasteiger partial charge in [-0.1, -0.05) is 19.1 Å². The van der Waals surface area contributed by atoms with Crippen molar-refractivity contribution in [1.82, 2.24) is 4.90 Å². The number of hydrogen-bond donors (Lipinski definition) is 2. The molecule has 21 heavy (non-hydrogen) atoms. The Morgan fingerprint density at radius 2 is 2.14 bits per heavy atom. The molecule has 4 nitrogen and oxygen atoms in total. The van der Waals surface area contributed by atoms with E-state index in [1.54, 1.807) is 0 Å². The smallest absolute Gasteiger partial charge is 0.238 e. The number of aliphatic hydroxyl groups is 1. The van der Waals surface area contributed by atoms with Gasteiger partial charge in [0.25, 0.3) is 0 Å². The van der Waals surface area contributed by atoms with Gasteiger partial charge in [0, 0.05) is 18.3 Å². The molecule has 2 N–H and O–H groups in total. The minimum Gasteiger partial charge on any atom is -0.396 e. The molecular formula is C17H26N2O2. The summed E-state index contributed by atoms with van der Waals surface area (Å²) in [5.41, 5.74) is 2.14. The average Bonchev–Trinajstić information content (AvgIpc) is 2.93. The third-order valence-electron chi connectivity index (χ3n) is 4.19. The van der Waals surface area contributed by atoms with Crippen LogP contribution in [0.25, 0.3) is 0 Å². The molecule has 1 aliphatic rings. The van der Waals surface area contributed by atoms with E-state index >= 15 is 0 Å². The fourth-order valence-corrected chi connectivity index (χ4v) is 2.97. The van der Waals surface area contributed by atoms with Crippen LogP contribution >= 0.6 is 0 Å². The minimum atomic E-state index is 0.0511. The molecule has 1 heterocycles. The number of nitrogens with zero attached hydrogens (tertiary/aromatic N) is 1. The fraction of sp³-hybridized carbons (Fsp3) is 0.588. The van der Waals surface area contributed by atoms with Crippen molar-refractivity contribution >= 4 is 11.6 Å². The zero-order valence-electron chi connectivity index (χ0n) is 12.8. The summed E-state index contributed by atoms with van der Waals surface area (Å²) in [6, 6.07) is 8.48. The summed E-state index contributed by atoms with van der Waals surface area (Å²) in [5.74, 6) is 0.0511. The molecule has 0 aliphatic carbocycles. The van der Waals surface area contributed by atoms with Crippen LogP contribution < -0.4 is 5.32 Å². The lowest BCUT2D eigenvalue weighted by atomic mass is 10.1. The summed E-state index contributed by atoms with van der Waals surface area (Å²) >= 11 is 0. The first-order valence-corrected chi connectivity index (χ1v) is 7.96. The van der Waals surface area contributed by atoms with Crippen LogP contribution in [0.4, 0.5) is 5.69 Å². The Morgan fingerprint density at radius 1 is 1.38 bits per heavy atom. The van der Waals surface area contributed by atoms with Crippen molar-refractivity contribution in [3.8, 4) is 0 Å². The summed E-state index contributed by atoms with van der Waals surface area (Å²) in [6.07, 6.45) is 5.10. The molecule has 1 aromatic rings. The highest BCUT2D eigenvalue weighted by molar-refractivity contribution is 5.92. The van der Waals surface area contributed by atoms with Gasteiger partial charge in [-0.2, -0.15) is 0 Å². The molecule has 1 unspecified atom stereocenters. The van der Waals surface area contributed by atoms with Crippen molar-refractivity contribution in [2.75, 3.05) is 25.0 Å². The van der Waals surface area contributed by atoms with Crippen LogP contribution in [0.2, 0.25) is 0 Å². The number of likely N-dealkylation sites (tertiary alicyclic amines) is 1. The first-order valence-electron chi connectivity index (χ1n) is 7.96. The molecule has 0 bridgehead atoms. The number of amides is 1. The number of nitrogens with one attached hydrogen (secondary N) is 1. The van der Waals surface area contributed by atoms with Gasteiger partial charge in [0.1, 0.15) is 0 Å². The predicted molar refractivity (Wildman–Crippen MR) is 85.4 cm³/mol. The summed E-state index contributed by atoms with van der Waals surface area (Å²) < 4.78 is 0. The predicted octanol–water partition coefficient (Wildman–Crippen LogP) is 2.42. The lowest BCUT2D eigenvalue weighted by Crippen LogP contribution is -2.36. The third-order valence-corrected chi connectivity index (χ3v) is 4.19. The Morgan fingerprint density at radius 3 is 2.81 bits per heavy atom. The van der Waals surface area contributed by atoms with E-state index in [1.165, 1.54) is 5.56 Å². The van der Waals surface area contributed by atoms with Crippen molar-refractivity contribution < 1.29 is 9.90 Å². The Hall–Kier alpha value is -1.39. The number of anilines is 1. The largest absolute Gasteiger partial charge is 0.396 e. The maximum absolute atomic E-state index is 12.1. The molecule has 1 fully saturated rings. The Kier molecular flexibility index (Phi) is 6.21. The zero-order chi connectivity index (χ0) is 15.1. The summed E-state index contributed by atoms with van der Waals surface area (Å²) in [6.45, 7) is 3.79. The SMILES string of the molecule is CCc1ccc(NC(=O)CN2CCCC2CCCO)cc1. The molecule has 1 amide bonds. The summed E-state index contributed by atoms with van der Waals surface area (Å²) in [7, 11) is 0. The van der Waals surface area contributed by atoms with Crippen LogP contribution in [-0.4, -0.2) is 41.7 Å². The molecule has 0 aromatic heterocycles. The lowest BCUT2D eigenvalue weighted by molar-refractivity contribution is -0.117. The van der Waals surface area contributed by atoms with Gasteiger partial charge in [-0.3, -0.25) is 9.69 Å². The normalized spacial score (nSPS) is 18.9. The molecule has 1 atom stereocenters. The van der Waals surface area contributed by atoms with E-state index in [0.29, 0.717) is 12.6 Å². The number of carbonyl (C=O) groups is 1. The lowest BCUT2D eigenvalue weighted by Gasteiger charge is -2.23. The van der Waals surface area contributed by atoms with Crippen LogP contribution in [0.3, 0.4) is 0 Å². The fourth-order valence-electron chi connectivity index (χ4n) is 2.97. The van der Waals surface area contributed by atoms with Crippen molar-refractivity contribution in [3.05, 3.63) is 29.8 Å². The van der Waals surface area contributed by atoms with Gasteiger partial charge in [0.15, 0.2) is 0 Å². The molecule has 1 saturated heterocycles. The van der Waals surface area contributed by atoms with Gasteiger partial charge < -0.3 is 10.4 Å². The first-order chi connectivity index (χ1) is 10.2. The van der Waals surface area contributed by atoms with Crippen molar-refractivity contribution in [1.29, 1.82) is 0 Å². The van der Waals surface area contributed by atoms with Crippen LogP contribution in [0.5, 0.6) is 0 Å². The van der Waals surface area contributed by atoms with E-state index in [1.807, 2.05) is 12.1 Å². The molecular weight excluding hydrogens is 264 g/mol. The maximum Gasteiger partial charge on any atom is 0.238 e. The van der Waals surface area contributed by atoms with Crippen LogP contribution in [-0.2, 0) is 11.2 Å². The maximum atomic E-state index is 12.1. The molecule has 1 aromatic carbocycles. The van der Waals surface area contributed by atoms with E-state index in [9.17, 15) is 4.79 Å². The summed E-state index contributed by atoms with van der Waals surface area (Å²) in [4.78, 5) is 14.4. The van der Waals surface area contributed by atoms with Crippen molar-refractivity contribution in [2.45, 2.75) is 45.1 Å². The summed E-state index contributed by atoms with van der Waals surface area (Å²) in [5, 5.41) is 11.9. The minimum absolute atomic E-state index is 0.0511. The van der Waals surface area contributed by atoms with Gasteiger partial charge in [0.05, 0.1) is 6.54 Å². The van der Waals surface area contributed by atoms with Crippen molar-refractivity contribution in [3.63, 3.8) is 0 Å². The molecule has 4 heteroatoms. The van der Waals surface area contributed by atoms with Gasteiger partial charge >= 0.3 is 0 Å². The van der Waals surface area contributed by atoms with E-state index < -0.39 is 0 Å². The highest BCUT2D eigenvalue weighted by Crippen LogP contribution is 2.21. The first kappa shape index (κ1) is 16.0. The van der Waals surface area contributed by atoms with Crippen LogP contribution in [0, 0.1) is 0 Å². The highest BCUT2D eigenvalue weighted by Gasteiger charge is 2.25. The monoisotopic (exact) mass is 290 g/mol. The number of benzene rings is 1. The molecule has 116 valence electrons. The Labute approximate surface area is 127 Å². The van der Waals surface area contributed by atoms with Crippen molar-refractivity contribution in [2.24, 2.45) is 0 Å². The van der Waals surface area contributed by atoms with E-state index in [0.717, 1.165) is 44.3 Å². The number of aliphatic hydroxyl groups excluding tert-OH is 1. The topological polar surface area (TPSA) is 52.6 Å². The van der Waals surface area contributed by atoms with Gasteiger partial charge in [0.2, 0.25) is 5.91 Å². The third kappa shape index (κ3) is 4.83. The second kappa shape index (κ2) is 8.15. The van der Waals surface area contributed by atoms with Gasteiger partial charge in [-0.15, -0.1) is 0 Å². The average molecular weight is 290 g/mol. The van der Waals surface area contributed by atoms with Crippen LogP contribution in [0.1, 0.15) is 38.2 Å². The standard InChI is InChI=1S/C17H26N2O2/c1-2-14-7-9-15(10-8-14)18-17(21)13-19-11-3-5-16(19)6-4-12-20/h7-10,16,20H,2-6,11-13H2,1H3,(H,18,21). The number of rotatable bonds is 7. The number of aryl methyl sites for hydroxylation is 1. The molecule has 0 radical (unpaired) electrons. The van der Waals surface area contributed by atoms with Gasteiger partial charge in [-0.05, 0) is 56.3 Å². The zero-order valence-corrected chi connectivity index (χ0v) is 12.8. The highest BCUT2D eigenvalue weighted by atomic mass is 16.3. The molecule has 0 spiro atoms. The van der Waals surface area contributed by atoms with Gasteiger partial charge in [-0.25, -0.2) is 0 Å². The quantitative estimate of drug-likeness (QED) is 0.811. The molecule has 0 saturated carbocycles. The second-order valence-corrected chi connectivity index (χ2v) is 5.73. The van der Waals surface area contributed by atoms with E-state index in [4.69, 9.17) is 5.11 Å². The second-order valence-electron chi connectivity index (χ2n) is 5.73. The van der Waals surface area contributed by atoms with Crippen LogP contribution in [0.15, 0.2) is 24.3 Å².